The first-order valence-corrected chi connectivity index (χ1v) is 10.7. The number of carbonyl (C=O) groups is 1. The number of esters is 1. The fourth-order valence-corrected chi connectivity index (χ4v) is 3.08. The van der Waals surface area contributed by atoms with Crippen molar-refractivity contribution in [3.05, 3.63) is 64.2 Å². The van der Waals surface area contributed by atoms with Gasteiger partial charge in [0.2, 0.25) is 0 Å². The minimum absolute atomic E-state index is 0.0664. The predicted octanol–water partition coefficient (Wildman–Crippen LogP) is 5.17. The van der Waals surface area contributed by atoms with Crippen molar-refractivity contribution in [1.82, 2.24) is 0 Å². The fourth-order valence-electron chi connectivity index (χ4n) is 3.08. The number of unbranched alkanes of at least 4 members (excludes halogenated alkanes) is 5. The van der Waals surface area contributed by atoms with Crippen molar-refractivity contribution in [3.8, 4) is 5.75 Å². The lowest BCUT2D eigenvalue weighted by Gasteiger charge is -2.12. The molecule has 168 valence electrons. The lowest BCUT2D eigenvalue weighted by atomic mass is 10.1. The quantitative estimate of drug-likeness (QED) is 0.179. The third-order valence-corrected chi connectivity index (χ3v) is 4.92. The largest absolute Gasteiger partial charge is 0.494 e. The Morgan fingerprint density at radius 1 is 0.871 bits per heavy atom. The van der Waals surface area contributed by atoms with Crippen LogP contribution in [0.5, 0.6) is 5.75 Å². The number of ether oxygens (including phenoxy) is 2. The van der Waals surface area contributed by atoms with Gasteiger partial charge in [0.25, 0.3) is 5.69 Å². The van der Waals surface area contributed by atoms with Gasteiger partial charge in [-0.2, -0.15) is 0 Å². The van der Waals surface area contributed by atoms with Gasteiger partial charge in [0.1, 0.15) is 5.75 Å². The molecule has 2 aromatic carbocycles. The highest BCUT2D eigenvalue weighted by atomic mass is 16.6. The van der Waals surface area contributed by atoms with Gasteiger partial charge in [0.05, 0.1) is 24.6 Å². The van der Waals surface area contributed by atoms with Crippen LogP contribution in [0.2, 0.25) is 0 Å². The summed E-state index contributed by atoms with van der Waals surface area (Å²) in [6.45, 7) is 1.07. The Morgan fingerprint density at radius 2 is 1.45 bits per heavy atom. The van der Waals surface area contributed by atoms with Crippen molar-refractivity contribution in [2.45, 2.75) is 44.9 Å². The molecule has 0 aliphatic heterocycles. The highest BCUT2D eigenvalue weighted by Gasteiger charge is 2.06. The van der Waals surface area contributed by atoms with Crippen molar-refractivity contribution in [1.29, 1.82) is 0 Å². The molecule has 0 spiro atoms. The average Bonchev–Trinajstić information content (AvgIpc) is 2.75. The molecule has 0 fully saturated rings. The lowest BCUT2D eigenvalue weighted by molar-refractivity contribution is -0.384. The molecule has 0 aliphatic carbocycles. The molecular formula is C24H32N2O5. The van der Waals surface area contributed by atoms with E-state index in [1.807, 2.05) is 43.3 Å². The molecule has 0 saturated heterocycles. The van der Waals surface area contributed by atoms with Crippen LogP contribution in [0.25, 0.3) is 0 Å². The summed E-state index contributed by atoms with van der Waals surface area (Å²) >= 11 is 0. The van der Waals surface area contributed by atoms with Crippen LogP contribution in [0.15, 0.2) is 48.5 Å². The Balaban J connectivity index is 1.44. The molecule has 0 aromatic heterocycles. The van der Waals surface area contributed by atoms with E-state index in [1.165, 1.54) is 12.1 Å². The van der Waals surface area contributed by atoms with Gasteiger partial charge in [-0.05, 0) is 42.7 Å². The van der Waals surface area contributed by atoms with Crippen molar-refractivity contribution in [3.63, 3.8) is 0 Å². The predicted molar refractivity (Wildman–Crippen MR) is 122 cm³/mol. The van der Waals surface area contributed by atoms with Crippen molar-refractivity contribution in [2.24, 2.45) is 0 Å². The maximum absolute atomic E-state index is 11.9. The van der Waals surface area contributed by atoms with E-state index in [0.29, 0.717) is 25.4 Å². The standard InChI is InChI=1S/C24H32N2O5/c1-25(2)21-11-9-20(10-12-21)19-24(27)31-18-8-6-4-3-5-7-17-30-23-15-13-22(14-16-23)26(28)29/h9-16H,3-8,17-19H2,1-2H3. The lowest BCUT2D eigenvalue weighted by Crippen LogP contribution is -2.10. The molecule has 0 radical (unpaired) electrons. The Kier molecular flexibility index (Phi) is 10.3. The topological polar surface area (TPSA) is 81.9 Å². The van der Waals surface area contributed by atoms with Crippen LogP contribution < -0.4 is 9.64 Å². The van der Waals surface area contributed by atoms with Crippen molar-refractivity contribution >= 4 is 17.3 Å². The number of carbonyl (C=O) groups excluding carboxylic acids is 1. The van der Waals surface area contributed by atoms with Crippen LogP contribution in [0.4, 0.5) is 11.4 Å². The summed E-state index contributed by atoms with van der Waals surface area (Å²) in [6, 6.07) is 14.1. The molecule has 7 heteroatoms. The molecule has 7 nitrogen and oxygen atoms in total. The summed E-state index contributed by atoms with van der Waals surface area (Å²) in [4.78, 5) is 24.1. The maximum atomic E-state index is 11.9. The Labute approximate surface area is 184 Å². The molecule has 0 aliphatic rings. The van der Waals surface area contributed by atoms with Gasteiger partial charge in [0.15, 0.2) is 0 Å². The summed E-state index contributed by atoms with van der Waals surface area (Å²) in [7, 11) is 3.97. The van der Waals surface area contributed by atoms with E-state index < -0.39 is 4.92 Å². The summed E-state index contributed by atoms with van der Waals surface area (Å²) in [5.41, 5.74) is 2.14. The van der Waals surface area contributed by atoms with E-state index in [4.69, 9.17) is 9.47 Å². The van der Waals surface area contributed by atoms with Gasteiger partial charge in [-0.1, -0.05) is 37.8 Å². The number of nitro groups is 1. The second-order valence-corrected chi connectivity index (χ2v) is 7.68. The molecule has 0 amide bonds. The second-order valence-electron chi connectivity index (χ2n) is 7.68. The Morgan fingerprint density at radius 3 is 2.03 bits per heavy atom. The molecule has 0 atom stereocenters. The first-order valence-electron chi connectivity index (χ1n) is 10.7. The van der Waals surface area contributed by atoms with E-state index in [0.717, 1.165) is 49.8 Å². The molecular weight excluding hydrogens is 396 g/mol. The first-order chi connectivity index (χ1) is 15.0. The minimum atomic E-state index is -0.422. The Bertz CT molecular complexity index is 804. The van der Waals surface area contributed by atoms with Crippen LogP contribution >= 0.6 is 0 Å². The third-order valence-electron chi connectivity index (χ3n) is 4.92. The van der Waals surface area contributed by atoms with E-state index in [-0.39, 0.29) is 11.7 Å². The molecule has 0 N–H and O–H groups in total. The van der Waals surface area contributed by atoms with Gasteiger partial charge < -0.3 is 14.4 Å². The normalized spacial score (nSPS) is 10.5. The van der Waals surface area contributed by atoms with Gasteiger partial charge >= 0.3 is 5.97 Å². The summed E-state index contributed by atoms with van der Waals surface area (Å²) < 4.78 is 10.9. The summed E-state index contributed by atoms with van der Waals surface area (Å²) in [6.07, 6.45) is 6.44. The van der Waals surface area contributed by atoms with Crippen LogP contribution in [0.1, 0.15) is 44.1 Å². The minimum Gasteiger partial charge on any atom is -0.494 e. The number of rotatable bonds is 14. The molecule has 0 unspecified atom stereocenters. The second kappa shape index (κ2) is 13.3. The van der Waals surface area contributed by atoms with Gasteiger partial charge in [-0.15, -0.1) is 0 Å². The highest BCUT2D eigenvalue weighted by Crippen LogP contribution is 2.18. The molecule has 0 heterocycles. The number of non-ortho nitro benzene ring substituents is 1. The number of hydrogen-bond acceptors (Lipinski definition) is 6. The SMILES string of the molecule is CN(C)c1ccc(CC(=O)OCCCCCCCCOc2ccc([N+](=O)[O-])cc2)cc1. The maximum Gasteiger partial charge on any atom is 0.310 e. The summed E-state index contributed by atoms with van der Waals surface area (Å²) in [5, 5.41) is 10.6. The number of benzene rings is 2. The average molecular weight is 429 g/mol. The zero-order chi connectivity index (χ0) is 22.5. The van der Waals surface area contributed by atoms with Crippen LogP contribution in [-0.2, 0) is 16.0 Å². The van der Waals surface area contributed by atoms with Crippen molar-refractivity contribution < 1.29 is 19.2 Å². The molecule has 2 rings (SSSR count). The third kappa shape index (κ3) is 9.51. The van der Waals surface area contributed by atoms with Crippen molar-refractivity contribution in [2.75, 3.05) is 32.2 Å². The smallest absolute Gasteiger partial charge is 0.310 e. The first kappa shape index (κ1) is 24.2. The monoisotopic (exact) mass is 428 g/mol. The van der Waals surface area contributed by atoms with E-state index in [9.17, 15) is 14.9 Å². The Hall–Kier alpha value is -3.09. The van der Waals surface area contributed by atoms with Gasteiger partial charge in [-0.25, -0.2) is 0 Å². The number of anilines is 1. The number of hydrogen-bond donors (Lipinski definition) is 0. The van der Waals surface area contributed by atoms with E-state index >= 15 is 0 Å². The van der Waals surface area contributed by atoms with Gasteiger partial charge in [0, 0.05) is 31.9 Å². The van der Waals surface area contributed by atoms with E-state index in [2.05, 4.69) is 0 Å². The molecule has 0 bridgehead atoms. The van der Waals surface area contributed by atoms with Crippen LogP contribution in [-0.4, -0.2) is 38.2 Å². The summed E-state index contributed by atoms with van der Waals surface area (Å²) in [5.74, 6) is 0.474. The molecule has 31 heavy (non-hydrogen) atoms. The molecule has 0 saturated carbocycles. The number of nitrogens with zero attached hydrogens (tertiary/aromatic N) is 2. The van der Waals surface area contributed by atoms with Crippen LogP contribution in [0.3, 0.4) is 0 Å². The highest BCUT2D eigenvalue weighted by molar-refractivity contribution is 5.72. The van der Waals surface area contributed by atoms with Gasteiger partial charge in [-0.3, -0.25) is 14.9 Å². The fraction of sp³-hybridized carbons (Fsp3) is 0.458. The zero-order valence-electron chi connectivity index (χ0n) is 18.4. The number of nitro benzene ring substituents is 1. The van der Waals surface area contributed by atoms with E-state index in [1.54, 1.807) is 12.1 Å². The van der Waals surface area contributed by atoms with Crippen LogP contribution in [0, 0.1) is 10.1 Å². The molecule has 2 aromatic rings. The zero-order valence-corrected chi connectivity index (χ0v) is 18.4.